The number of sulfone groups is 1. The van der Waals surface area contributed by atoms with E-state index in [2.05, 4.69) is 5.32 Å². The van der Waals surface area contributed by atoms with Gasteiger partial charge in [-0.15, -0.1) is 0 Å². The highest BCUT2D eigenvalue weighted by molar-refractivity contribution is 7.92. The third-order valence-corrected chi connectivity index (χ3v) is 4.72. The number of hydrogen-bond donors (Lipinski definition) is 1. The summed E-state index contributed by atoms with van der Waals surface area (Å²) in [6, 6.07) is 2.19. The summed E-state index contributed by atoms with van der Waals surface area (Å²) in [5.41, 5.74) is 0. The first-order chi connectivity index (χ1) is 9.30. The lowest BCUT2D eigenvalue weighted by Crippen LogP contribution is -2.39. The third kappa shape index (κ3) is 3.73. The van der Waals surface area contributed by atoms with Crippen molar-refractivity contribution in [1.29, 1.82) is 0 Å². The van der Waals surface area contributed by atoms with Crippen molar-refractivity contribution in [2.24, 2.45) is 0 Å². The maximum atomic E-state index is 13.1. The van der Waals surface area contributed by atoms with Crippen LogP contribution >= 0.6 is 0 Å². The van der Waals surface area contributed by atoms with Crippen LogP contribution in [0.4, 0.5) is 8.78 Å². The molecule has 0 bridgehead atoms. The molecule has 0 aliphatic rings. The minimum Gasteiger partial charge on any atom is -0.383 e. The highest BCUT2D eigenvalue weighted by Gasteiger charge is 2.30. The summed E-state index contributed by atoms with van der Waals surface area (Å²) < 4.78 is 54.7. The van der Waals surface area contributed by atoms with Crippen LogP contribution < -0.4 is 5.32 Å². The number of nitrogens with one attached hydrogen (secondary N) is 1. The molecule has 0 radical (unpaired) electrons. The van der Waals surface area contributed by atoms with Crippen molar-refractivity contribution < 1.29 is 26.7 Å². The average molecular weight is 307 g/mol. The number of rotatable bonds is 6. The Morgan fingerprint density at radius 2 is 2.00 bits per heavy atom. The molecule has 1 N–H and O–H groups in total. The van der Waals surface area contributed by atoms with Crippen molar-refractivity contribution in [3.8, 4) is 0 Å². The molecule has 0 fully saturated rings. The third-order valence-electron chi connectivity index (χ3n) is 2.66. The lowest BCUT2D eigenvalue weighted by Gasteiger charge is -2.13. The van der Waals surface area contributed by atoms with E-state index in [0.29, 0.717) is 12.1 Å². The van der Waals surface area contributed by atoms with Gasteiger partial charge in [-0.3, -0.25) is 4.79 Å². The second-order valence-corrected chi connectivity index (χ2v) is 6.32. The SMILES string of the molecule is COCCNC(=O)C(C)S(=O)(=O)c1ccc(F)c(F)c1. The van der Waals surface area contributed by atoms with Gasteiger partial charge in [-0.25, -0.2) is 17.2 Å². The molecule has 1 atom stereocenters. The second kappa shape index (κ2) is 6.76. The van der Waals surface area contributed by atoms with E-state index < -0.39 is 37.5 Å². The van der Waals surface area contributed by atoms with E-state index in [4.69, 9.17) is 4.74 Å². The summed E-state index contributed by atoms with van der Waals surface area (Å²) in [5.74, 6) is -3.16. The van der Waals surface area contributed by atoms with E-state index in [1.165, 1.54) is 14.0 Å². The number of carbonyl (C=O) groups excluding carboxylic acids is 1. The maximum Gasteiger partial charge on any atom is 0.238 e. The molecule has 0 aliphatic heterocycles. The Bertz CT molecular complexity index is 589. The zero-order valence-electron chi connectivity index (χ0n) is 11.0. The molecular weight excluding hydrogens is 292 g/mol. The van der Waals surface area contributed by atoms with Gasteiger partial charge in [0, 0.05) is 13.7 Å². The van der Waals surface area contributed by atoms with Crippen LogP contribution in [0, 0.1) is 11.6 Å². The lowest BCUT2D eigenvalue weighted by atomic mass is 10.3. The fraction of sp³-hybridized carbons (Fsp3) is 0.417. The van der Waals surface area contributed by atoms with Gasteiger partial charge < -0.3 is 10.1 Å². The van der Waals surface area contributed by atoms with Crippen molar-refractivity contribution in [1.82, 2.24) is 5.32 Å². The van der Waals surface area contributed by atoms with Crippen LogP contribution in [0.2, 0.25) is 0 Å². The summed E-state index contributed by atoms with van der Waals surface area (Å²) in [5, 5.41) is 0.962. The van der Waals surface area contributed by atoms with E-state index in [0.717, 1.165) is 6.07 Å². The normalized spacial score (nSPS) is 13.0. The molecule has 8 heteroatoms. The topological polar surface area (TPSA) is 72.5 Å². The Hall–Kier alpha value is -1.54. The Morgan fingerprint density at radius 1 is 1.35 bits per heavy atom. The minimum absolute atomic E-state index is 0.160. The molecule has 1 amide bonds. The number of hydrogen-bond acceptors (Lipinski definition) is 4. The fourth-order valence-electron chi connectivity index (χ4n) is 1.42. The Balaban J connectivity index is 2.91. The van der Waals surface area contributed by atoms with Crippen LogP contribution in [-0.4, -0.2) is 39.8 Å². The maximum absolute atomic E-state index is 13.1. The molecule has 1 aromatic carbocycles. The summed E-state index contributed by atoms with van der Waals surface area (Å²) in [6.45, 7) is 1.58. The van der Waals surface area contributed by atoms with Gasteiger partial charge in [-0.05, 0) is 25.1 Å². The zero-order valence-corrected chi connectivity index (χ0v) is 11.8. The van der Waals surface area contributed by atoms with Crippen LogP contribution in [0.3, 0.4) is 0 Å². The lowest BCUT2D eigenvalue weighted by molar-refractivity contribution is -0.120. The predicted molar refractivity (Wildman–Crippen MR) is 67.9 cm³/mol. The molecule has 1 unspecified atom stereocenters. The number of ether oxygens (including phenoxy) is 1. The molecule has 0 aromatic heterocycles. The first-order valence-electron chi connectivity index (χ1n) is 5.76. The number of halogens is 2. The van der Waals surface area contributed by atoms with E-state index in [1.807, 2.05) is 0 Å². The smallest absolute Gasteiger partial charge is 0.238 e. The summed E-state index contributed by atoms with van der Waals surface area (Å²) in [6.07, 6.45) is 0. The van der Waals surface area contributed by atoms with Gasteiger partial charge in [0.25, 0.3) is 0 Å². The fourth-order valence-corrected chi connectivity index (χ4v) is 2.72. The molecule has 1 rings (SSSR count). The highest BCUT2D eigenvalue weighted by atomic mass is 32.2. The molecule has 0 spiro atoms. The van der Waals surface area contributed by atoms with Gasteiger partial charge in [0.2, 0.25) is 5.91 Å². The minimum atomic E-state index is -4.07. The average Bonchev–Trinajstić information content (AvgIpc) is 2.40. The van der Waals surface area contributed by atoms with Crippen LogP contribution in [0.25, 0.3) is 0 Å². The molecule has 1 aromatic rings. The summed E-state index contributed by atoms with van der Waals surface area (Å²) in [4.78, 5) is 11.2. The quantitative estimate of drug-likeness (QED) is 0.626. The molecule has 5 nitrogen and oxygen atoms in total. The first-order valence-corrected chi connectivity index (χ1v) is 7.31. The first kappa shape index (κ1) is 16.5. The summed E-state index contributed by atoms with van der Waals surface area (Å²) >= 11 is 0. The van der Waals surface area contributed by atoms with Gasteiger partial charge in [0.05, 0.1) is 11.5 Å². The van der Waals surface area contributed by atoms with Crippen molar-refractivity contribution in [3.63, 3.8) is 0 Å². The molecule has 0 aliphatic carbocycles. The molecule has 20 heavy (non-hydrogen) atoms. The molecule has 0 saturated heterocycles. The van der Waals surface area contributed by atoms with Crippen LogP contribution in [0.5, 0.6) is 0 Å². The van der Waals surface area contributed by atoms with E-state index in [9.17, 15) is 22.0 Å². The Labute approximate surface area is 115 Å². The van der Waals surface area contributed by atoms with Gasteiger partial charge in [0.1, 0.15) is 5.25 Å². The van der Waals surface area contributed by atoms with Crippen molar-refractivity contribution in [3.05, 3.63) is 29.8 Å². The van der Waals surface area contributed by atoms with Crippen molar-refractivity contribution >= 4 is 15.7 Å². The highest BCUT2D eigenvalue weighted by Crippen LogP contribution is 2.18. The molecular formula is C12H15F2NO4S. The van der Waals surface area contributed by atoms with Crippen molar-refractivity contribution in [2.75, 3.05) is 20.3 Å². The molecule has 0 saturated carbocycles. The van der Waals surface area contributed by atoms with Crippen molar-refractivity contribution in [2.45, 2.75) is 17.1 Å². The predicted octanol–water partition coefficient (Wildman–Crippen LogP) is 0.890. The Kier molecular flexibility index (Phi) is 5.58. The number of methoxy groups -OCH3 is 1. The molecule has 112 valence electrons. The zero-order chi connectivity index (χ0) is 15.3. The van der Waals surface area contributed by atoms with E-state index >= 15 is 0 Å². The van der Waals surface area contributed by atoms with Gasteiger partial charge in [-0.1, -0.05) is 0 Å². The standard InChI is InChI=1S/C12H15F2NO4S/c1-8(12(16)15-5-6-19-2)20(17,18)9-3-4-10(13)11(14)7-9/h3-4,7-8H,5-6H2,1-2H3,(H,15,16). The number of amides is 1. The van der Waals surface area contributed by atoms with Crippen LogP contribution in [0.1, 0.15) is 6.92 Å². The monoisotopic (exact) mass is 307 g/mol. The Morgan fingerprint density at radius 3 is 2.55 bits per heavy atom. The summed E-state index contributed by atoms with van der Waals surface area (Å²) in [7, 11) is -2.64. The van der Waals surface area contributed by atoms with Crippen LogP contribution in [0.15, 0.2) is 23.1 Å². The number of benzene rings is 1. The largest absolute Gasteiger partial charge is 0.383 e. The van der Waals surface area contributed by atoms with Gasteiger partial charge in [0.15, 0.2) is 21.5 Å². The van der Waals surface area contributed by atoms with Crippen LogP contribution in [-0.2, 0) is 19.4 Å². The second-order valence-electron chi connectivity index (χ2n) is 4.05. The van der Waals surface area contributed by atoms with E-state index in [1.54, 1.807) is 0 Å². The van der Waals surface area contributed by atoms with Gasteiger partial charge in [-0.2, -0.15) is 0 Å². The van der Waals surface area contributed by atoms with E-state index in [-0.39, 0.29) is 13.2 Å². The number of carbonyl (C=O) groups is 1. The molecule has 0 heterocycles. The van der Waals surface area contributed by atoms with Gasteiger partial charge >= 0.3 is 0 Å².